The van der Waals surface area contributed by atoms with Crippen molar-refractivity contribution in [3.63, 3.8) is 0 Å². The molecule has 1 N–H and O–H groups in total. The molecule has 3 aromatic carbocycles. The lowest BCUT2D eigenvalue weighted by Gasteiger charge is -2.27. The Bertz CT molecular complexity index is 1390. The van der Waals surface area contributed by atoms with Gasteiger partial charge in [0.2, 0.25) is 0 Å². The predicted molar refractivity (Wildman–Crippen MR) is 140 cm³/mol. The van der Waals surface area contributed by atoms with Crippen LogP contribution in [0.1, 0.15) is 38.9 Å². The van der Waals surface area contributed by atoms with Crippen molar-refractivity contribution in [2.75, 3.05) is 22.3 Å². The Labute approximate surface area is 207 Å². The van der Waals surface area contributed by atoms with Crippen LogP contribution in [0.4, 0.5) is 11.4 Å². The molecule has 4 rings (SSSR count). The lowest BCUT2D eigenvalue weighted by Crippen LogP contribution is -2.37. The number of nitrogens with zero attached hydrogens (tertiary/aromatic N) is 2. The van der Waals surface area contributed by atoms with E-state index in [2.05, 4.69) is 36.9 Å². The van der Waals surface area contributed by atoms with Gasteiger partial charge in [-0.25, -0.2) is 8.42 Å². The van der Waals surface area contributed by atoms with Gasteiger partial charge in [-0.1, -0.05) is 42.0 Å². The number of benzene rings is 3. The van der Waals surface area contributed by atoms with E-state index in [-0.39, 0.29) is 4.90 Å². The summed E-state index contributed by atoms with van der Waals surface area (Å²) in [7, 11) is -4.10. The predicted octanol–water partition coefficient (Wildman–Crippen LogP) is 5.07. The lowest BCUT2D eigenvalue weighted by molar-refractivity contribution is -0.135. The van der Waals surface area contributed by atoms with Gasteiger partial charge in [-0.2, -0.15) is 0 Å². The van der Waals surface area contributed by atoms with Crippen LogP contribution >= 0.6 is 0 Å². The van der Waals surface area contributed by atoms with Crippen LogP contribution in [0.15, 0.2) is 53.4 Å². The molecule has 7 heteroatoms. The Morgan fingerprint density at radius 1 is 0.971 bits per heavy atom. The van der Waals surface area contributed by atoms with Gasteiger partial charge in [-0.15, -0.1) is 0 Å². The number of rotatable bonds is 7. The van der Waals surface area contributed by atoms with Crippen molar-refractivity contribution < 1.29 is 18.3 Å². The fourth-order valence-corrected chi connectivity index (χ4v) is 7.04. The number of fused-ring (bicyclic) bond motifs is 1. The molecule has 0 spiro atoms. The minimum absolute atomic E-state index is 0.173. The van der Waals surface area contributed by atoms with Crippen molar-refractivity contribution in [2.45, 2.75) is 52.5 Å². The van der Waals surface area contributed by atoms with E-state index in [9.17, 15) is 18.3 Å². The smallest absolute Gasteiger partial charge is 0.324 e. The molecule has 0 amide bonds. The number of carboxylic acids is 1. The van der Waals surface area contributed by atoms with Gasteiger partial charge in [0.25, 0.3) is 10.0 Å². The second-order valence-electron chi connectivity index (χ2n) is 9.44. The number of hydrogen-bond donors (Lipinski definition) is 1. The summed E-state index contributed by atoms with van der Waals surface area (Å²) in [5, 5.41) is 9.67. The molecular weight excluding hydrogens is 460 g/mol. The van der Waals surface area contributed by atoms with Crippen LogP contribution in [0.25, 0.3) is 0 Å². The van der Waals surface area contributed by atoms with Crippen molar-refractivity contribution in [1.82, 2.24) is 0 Å². The molecule has 0 fully saturated rings. The lowest BCUT2D eigenvalue weighted by atomic mass is 10.0. The van der Waals surface area contributed by atoms with Gasteiger partial charge in [-0.05, 0) is 81.0 Å². The van der Waals surface area contributed by atoms with Gasteiger partial charge in [0.15, 0.2) is 0 Å². The summed E-state index contributed by atoms with van der Waals surface area (Å²) in [5.74, 6) is -1.20. The number of aliphatic carboxylic acids is 1. The van der Waals surface area contributed by atoms with Crippen LogP contribution in [0.2, 0.25) is 0 Å². The summed E-state index contributed by atoms with van der Waals surface area (Å²) in [4.78, 5) is 14.3. The van der Waals surface area contributed by atoms with E-state index in [1.165, 1.54) is 16.7 Å². The zero-order valence-corrected chi connectivity index (χ0v) is 21.7. The van der Waals surface area contributed by atoms with Gasteiger partial charge in [0.05, 0.1) is 10.6 Å². The molecule has 0 saturated heterocycles. The molecule has 0 unspecified atom stereocenters. The molecular formula is C28H32N2O4S. The van der Waals surface area contributed by atoms with Crippen LogP contribution in [-0.2, 0) is 27.8 Å². The van der Waals surface area contributed by atoms with Crippen LogP contribution < -0.4 is 9.21 Å². The Kier molecular flexibility index (Phi) is 6.64. The molecule has 184 valence electrons. The van der Waals surface area contributed by atoms with Crippen LogP contribution in [0, 0.1) is 34.6 Å². The van der Waals surface area contributed by atoms with E-state index in [1.54, 1.807) is 19.9 Å². The Hall–Kier alpha value is -3.32. The molecule has 0 bridgehead atoms. The number of carbonyl (C=O) groups is 1. The summed E-state index contributed by atoms with van der Waals surface area (Å²) in [6.45, 7) is 10.5. The van der Waals surface area contributed by atoms with Crippen LogP contribution in [-0.4, -0.2) is 32.6 Å². The Morgan fingerprint density at radius 3 is 2.29 bits per heavy atom. The molecule has 3 aromatic rings. The first kappa shape index (κ1) is 24.8. The Balaban J connectivity index is 1.79. The first-order chi connectivity index (χ1) is 16.5. The maximum absolute atomic E-state index is 13.9. The molecule has 1 heterocycles. The highest BCUT2D eigenvalue weighted by Gasteiger charge is 2.34. The van der Waals surface area contributed by atoms with E-state index in [0.29, 0.717) is 29.8 Å². The fraction of sp³-hybridized carbons (Fsp3) is 0.321. The standard InChI is InChI=1S/C28H32N2O4S/c1-18-14-20(3)28(21(4)15-18)35(33,34)30(17-27(31)32)26-11-7-10-25-24(26)12-13-29(25)16-23-9-6-8-19(2)22(23)5/h6-11,14-15H,12-13,16-17H2,1-5H3,(H,31,32). The highest BCUT2D eigenvalue weighted by molar-refractivity contribution is 7.93. The summed E-state index contributed by atoms with van der Waals surface area (Å²) in [6.07, 6.45) is 0.647. The van der Waals surface area contributed by atoms with Crippen molar-refractivity contribution in [2.24, 2.45) is 0 Å². The molecule has 0 radical (unpaired) electrons. The number of aryl methyl sites for hydroxylation is 4. The van der Waals surface area contributed by atoms with Crippen molar-refractivity contribution in [3.8, 4) is 0 Å². The second-order valence-corrected chi connectivity index (χ2v) is 11.2. The summed E-state index contributed by atoms with van der Waals surface area (Å²) >= 11 is 0. The van der Waals surface area contributed by atoms with Crippen molar-refractivity contribution >= 4 is 27.4 Å². The zero-order chi connectivity index (χ0) is 25.5. The first-order valence-corrected chi connectivity index (χ1v) is 13.2. The largest absolute Gasteiger partial charge is 0.480 e. The first-order valence-electron chi connectivity index (χ1n) is 11.7. The third-order valence-corrected chi connectivity index (χ3v) is 8.94. The SMILES string of the molecule is Cc1cc(C)c(S(=O)(=O)N(CC(=O)O)c2cccc3c2CCN3Cc2cccc(C)c2C)c(C)c1. The molecule has 0 aromatic heterocycles. The van der Waals surface area contributed by atoms with E-state index in [4.69, 9.17) is 0 Å². The maximum Gasteiger partial charge on any atom is 0.324 e. The van der Waals surface area contributed by atoms with Gasteiger partial charge in [-0.3, -0.25) is 9.10 Å². The van der Waals surface area contributed by atoms with Gasteiger partial charge >= 0.3 is 5.97 Å². The molecule has 35 heavy (non-hydrogen) atoms. The molecule has 0 saturated carbocycles. The topological polar surface area (TPSA) is 77.9 Å². The Morgan fingerprint density at radius 2 is 1.63 bits per heavy atom. The van der Waals surface area contributed by atoms with Gasteiger partial charge in [0.1, 0.15) is 6.54 Å². The average molecular weight is 493 g/mol. The summed E-state index contributed by atoms with van der Waals surface area (Å²) in [6, 6.07) is 15.4. The minimum atomic E-state index is -4.10. The molecule has 0 aliphatic carbocycles. The highest BCUT2D eigenvalue weighted by Crippen LogP contribution is 2.39. The molecule has 1 aliphatic rings. The van der Waals surface area contributed by atoms with Crippen LogP contribution in [0.5, 0.6) is 0 Å². The quantitative estimate of drug-likeness (QED) is 0.498. The number of carboxylic acid groups (broad SMARTS) is 1. The van der Waals surface area contributed by atoms with Crippen LogP contribution in [0.3, 0.4) is 0 Å². The van der Waals surface area contributed by atoms with E-state index >= 15 is 0 Å². The normalized spacial score (nSPS) is 13.1. The monoisotopic (exact) mass is 492 g/mol. The zero-order valence-electron chi connectivity index (χ0n) is 20.9. The number of anilines is 2. The third kappa shape index (κ3) is 4.65. The molecule has 0 atom stereocenters. The maximum atomic E-state index is 13.9. The third-order valence-electron chi connectivity index (χ3n) is 6.88. The fourth-order valence-electron chi connectivity index (χ4n) is 5.18. The average Bonchev–Trinajstić information content (AvgIpc) is 3.17. The molecule has 1 aliphatic heterocycles. The van der Waals surface area contributed by atoms with Gasteiger partial charge < -0.3 is 10.0 Å². The van der Waals surface area contributed by atoms with Crippen molar-refractivity contribution in [1.29, 1.82) is 0 Å². The minimum Gasteiger partial charge on any atom is -0.480 e. The van der Waals surface area contributed by atoms with Crippen molar-refractivity contribution in [3.05, 3.63) is 87.5 Å². The molecule has 6 nitrogen and oxygen atoms in total. The van der Waals surface area contributed by atoms with Gasteiger partial charge in [0, 0.05) is 24.3 Å². The summed E-state index contributed by atoms with van der Waals surface area (Å²) in [5.41, 5.74) is 8.15. The highest BCUT2D eigenvalue weighted by atomic mass is 32.2. The van der Waals surface area contributed by atoms with E-state index in [0.717, 1.165) is 27.7 Å². The van der Waals surface area contributed by atoms with E-state index < -0.39 is 22.5 Å². The second kappa shape index (κ2) is 9.38. The number of sulfonamides is 1. The summed E-state index contributed by atoms with van der Waals surface area (Å²) < 4.78 is 28.9. The van der Waals surface area contributed by atoms with E-state index in [1.807, 2.05) is 31.2 Å². The number of hydrogen-bond acceptors (Lipinski definition) is 4.